The molecule has 0 bridgehead atoms. The molecule has 0 radical (unpaired) electrons. The van der Waals surface area contributed by atoms with Gasteiger partial charge in [-0.15, -0.1) is 0 Å². The van der Waals surface area contributed by atoms with Crippen molar-refractivity contribution in [1.82, 2.24) is 4.98 Å². The number of hydrogen-bond donors (Lipinski definition) is 1. The summed E-state index contributed by atoms with van der Waals surface area (Å²) in [7, 11) is 1.65. The molecule has 0 saturated carbocycles. The molecule has 2 rings (SSSR count). The minimum atomic E-state index is 0.287. The first-order chi connectivity index (χ1) is 9.21. The predicted octanol–water partition coefficient (Wildman–Crippen LogP) is 3.50. The Balaban J connectivity index is 2.23. The Morgan fingerprint density at radius 2 is 2.21 bits per heavy atom. The average Bonchev–Trinajstić information content (AvgIpc) is 2.39. The third kappa shape index (κ3) is 3.68. The number of halogens is 1. The number of hydrogen-bond acceptors (Lipinski definition) is 4. The zero-order chi connectivity index (χ0) is 13.7. The number of rotatable bonds is 4. The largest absolute Gasteiger partial charge is 0.380 e. The summed E-state index contributed by atoms with van der Waals surface area (Å²) in [5.74, 6) is 0.540. The van der Waals surface area contributed by atoms with E-state index in [1.165, 1.54) is 6.07 Å². The number of methoxy groups -OCH3 is 1. The molecule has 96 valence electrons. The number of nitriles is 1. The fraction of sp³-hybridized carbons (Fsp3) is 0.143. The van der Waals surface area contributed by atoms with E-state index < -0.39 is 0 Å². The van der Waals surface area contributed by atoms with Crippen LogP contribution < -0.4 is 5.32 Å². The van der Waals surface area contributed by atoms with E-state index in [2.05, 4.69) is 10.3 Å². The van der Waals surface area contributed by atoms with Gasteiger partial charge in [0.05, 0.1) is 18.2 Å². The smallest absolute Gasteiger partial charge is 0.133 e. The van der Waals surface area contributed by atoms with Gasteiger partial charge in [-0.3, -0.25) is 0 Å². The van der Waals surface area contributed by atoms with Gasteiger partial charge < -0.3 is 10.1 Å². The fourth-order valence-corrected chi connectivity index (χ4v) is 1.89. The second kappa shape index (κ2) is 6.19. The van der Waals surface area contributed by atoms with Gasteiger partial charge in [-0.1, -0.05) is 23.7 Å². The van der Waals surface area contributed by atoms with Gasteiger partial charge in [-0.2, -0.15) is 5.26 Å². The molecule has 19 heavy (non-hydrogen) atoms. The average molecular weight is 274 g/mol. The Labute approximate surface area is 116 Å². The van der Waals surface area contributed by atoms with Gasteiger partial charge in [0, 0.05) is 12.8 Å². The summed E-state index contributed by atoms with van der Waals surface area (Å²) in [6.07, 6.45) is 0. The molecule has 4 nitrogen and oxygen atoms in total. The molecule has 1 aromatic carbocycles. The number of anilines is 2. The van der Waals surface area contributed by atoms with Gasteiger partial charge >= 0.3 is 0 Å². The molecular formula is C14H12ClN3O. The zero-order valence-corrected chi connectivity index (χ0v) is 11.1. The van der Waals surface area contributed by atoms with E-state index in [-0.39, 0.29) is 5.15 Å². The van der Waals surface area contributed by atoms with E-state index >= 15 is 0 Å². The topological polar surface area (TPSA) is 57.9 Å². The number of benzene rings is 1. The van der Waals surface area contributed by atoms with Gasteiger partial charge in [-0.05, 0) is 29.8 Å². The molecule has 0 aliphatic heterocycles. The van der Waals surface area contributed by atoms with Crippen LogP contribution in [-0.2, 0) is 11.3 Å². The van der Waals surface area contributed by atoms with Crippen molar-refractivity contribution in [3.63, 3.8) is 0 Å². The van der Waals surface area contributed by atoms with E-state index in [0.717, 1.165) is 11.3 Å². The molecule has 0 aliphatic carbocycles. The van der Waals surface area contributed by atoms with Crippen molar-refractivity contribution in [3.05, 3.63) is 52.7 Å². The van der Waals surface area contributed by atoms with Crippen LogP contribution in [0.1, 0.15) is 11.1 Å². The number of aromatic nitrogens is 1. The summed E-state index contributed by atoms with van der Waals surface area (Å²) in [5, 5.41) is 12.3. The minimum Gasteiger partial charge on any atom is -0.380 e. The predicted molar refractivity (Wildman–Crippen MR) is 74.4 cm³/mol. The van der Waals surface area contributed by atoms with Crippen molar-refractivity contribution >= 4 is 23.1 Å². The van der Waals surface area contributed by atoms with Crippen molar-refractivity contribution in [3.8, 4) is 6.07 Å². The van der Waals surface area contributed by atoms with Gasteiger partial charge in [0.25, 0.3) is 0 Å². The van der Waals surface area contributed by atoms with E-state index in [4.69, 9.17) is 21.6 Å². The lowest BCUT2D eigenvalue weighted by molar-refractivity contribution is 0.185. The maximum Gasteiger partial charge on any atom is 0.133 e. The van der Waals surface area contributed by atoms with Gasteiger partial charge in [0.15, 0.2) is 0 Å². The van der Waals surface area contributed by atoms with Crippen molar-refractivity contribution in [2.24, 2.45) is 0 Å². The third-order valence-corrected chi connectivity index (χ3v) is 2.63. The van der Waals surface area contributed by atoms with Crippen LogP contribution in [0.3, 0.4) is 0 Å². The van der Waals surface area contributed by atoms with Crippen LogP contribution in [-0.4, -0.2) is 12.1 Å². The molecule has 1 heterocycles. The standard InChI is InChI=1S/C14H12ClN3O/c1-19-9-10-3-2-4-12(5-10)17-14-7-11(8-16)6-13(15)18-14/h2-7H,9H2,1H3,(H,17,18). The third-order valence-electron chi connectivity index (χ3n) is 2.43. The SMILES string of the molecule is COCc1cccc(Nc2cc(C#N)cc(Cl)n2)c1. The molecular weight excluding hydrogens is 262 g/mol. The van der Waals surface area contributed by atoms with Gasteiger partial charge in [0.2, 0.25) is 0 Å². The van der Waals surface area contributed by atoms with E-state index in [9.17, 15) is 0 Å². The zero-order valence-electron chi connectivity index (χ0n) is 10.4. The first-order valence-corrected chi connectivity index (χ1v) is 6.01. The first kappa shape index (κ1) is 13.3. The van der Waals surface area contributed by atoms with E-state index in [0.29, 0.717) is 18.0 Å². The molecule has 1 N–H and O–H groups in total. The molecule has 0 aliphatic rings. The molecule has 0 atom stereocenters. The highest BCUT2D eigenvalue weighted by molar-refractivity contribution is 6.29. The van der Waals surface area contributed by atoms with Crippen LogP contribution in [0.15, 0.2) is 36.4 Å². The summed E-state index contributed by atoms with van der Waals surface area (Å²) < 4.78 is 5.08. The van der Waals surface area contributed by atoms with E-state index in [1.807, 2.05) is 30.3 Å². The van der Waals surface area contributed by atoms with Crippen LogP contribution in [0.25, 0.3) is 0 Å². The molecule has 2 aromatic rings. The Bertz CT molecular complexity index is 622. The summed E-state index contributed by atoms with van der Waals surface area (Å²) in [5.41, 5.74) is 2.39. The molecule has 0 spiro atoms. The van der Waals surface area contributed by atoms with Gasteiger partial charge in [0.1, 0.15) is 11.0 Å². The molecule has 0 amide bonds. The lowest BCUT2D eigenvalue weighted by atomic mass is 10.2. The quantitative estimate of drug-likeness (QED) is 0.866. The maximum atomic E-state index is 8.89. The fourth-order valence-electron chi connectivity index (χ4n) is 1.68. The molecule has 1 aromatic heterocycles. The second-order valence-electron chi connectivity index (χ2n) is 3.93. The molecule has 0 fully saturated rings. The number of pyridine rings is 1. The van der Waals surface area contributed by atoms with E-state index in [1.54, 1.807) is 13.2 Å². The monoisotopic (exact) mass is 273 g/mol. The maximum absolute atomic E-state index is 8.89. The summed E-state index contributed by atoms with van der Waals surface area (Å²) >= 11 is 5.85. The highest BCUT2D eigenvalue weighted by Crippen LogP contribution is 2.19. The highest BCUT2D eigenvalue weighted by Gasteiger charge is 2.02. The second-order valence-corrected chi connectivity index (χ2v) is 4.32. The van der Waals surface area contributed by atoms with Crippen molar-refractivity contribution < 1.29 is 4.74 Å². The lowest BCUT2D eigenvalue weighted by Crippen LogP contribution is -1.96. The summed E-state index contributed by atoms with van der Waals surface area (Å²) in [4.78, 5) is 4.12. The van der Waals surface area contributed by atoms with Crippen LogP contribution in [0, 0.1) is 11.3 Å². The van der Waals surface area contributed by atoms with Crippen molar-refractivity contribution in [1.29, 1.82) is 5.26 Å². The molecule has 5 heteroatoms. The number of nitrogens with one attached hydrogen (secondary N) is 1. The van der Waals surface area contributed by atoms with Crippen LogP contribution in [0.4, 0.5) is 11.5 Å². The molecule has 0 saturated heterocycles. The first-order valence-electron chi connectivity index (χ1n) is 5.64. The Kier molecular flexibility index (Phi) is 4.35. The Hall–Kier alpha value is -2.09. The number of nitrogens with zero attached hydrogens (tertiary/aromatic N) is 2. The van der Waals surface area contributed by atoms with Crippen molar-refractivity contribution in [2.45, 2.75) is 6.61 Å². The Morgan fingerprint density at radius 1 is 1.37 bits per heavy atom. The highest BCUT2D eigenvalue weighted by atomic mass is 35.5. The minimum absolute atomic E-state index is 0.287. The van der Waals surface area contributed by atoms with Gasteiger partial charge in [-0.25, -0.2) is 4.98 Å². The Morgan fingerprint density at radius 3 is 2.95 bits per heavy atom. The normalized spacial score (nSPS) is 9.95. The van der Waals surface area contributed by atoms with Crippen LogP contribution in [0.2, 0.25) is 5.15 Å². The number of ether oxygens (including phenoxy) is 1. The van der Waals surface area contributed by atoms with Crippen molar-refractivity contribution in [2.75, 3.05) is 12.4 Å². The van der Waals surface area contributed by atoms with Crippen LogP contribution in [0.5, 0.6) is 0 Å². The summed E-state index contributed by atoms with van der Waals surface area (Å²) in [6.45, 7) is 0.544. The summed E-state index contributed by atoms with van der Waals surface area (Å²) in [6, 6.07) is 13.0. The molecule has 0 unspecified atom stereocenters. The van der Waals surface area contributed by atoms with Crippen LogP contribution >= 0.6 is 11.6 Å². The lowest BCUT2D eigenvalue weighted by Gasteiger charge is -2.08.